The van der Waals surface area contributed by atoms with Crippen molar-refractivity contribution >= 4 is 11.9 Å². The number of rotatable bonds is 23. The summed E-state index contributed by atoms with van der Waals surface area (Å²) in [4.78, 5) is 23.6. The van der Waals surface area contributed by atoms with Crippen molar-refractivity contribution < 1.29 is 19.1 Å². The van der Waals surface area contributed by atoms with Gasteiger partial charge in [-0.3, -0.25) is 9.59 Å². The van der Waals surface area contributed by atoms with Crippen LogP contribution in [0.2, 0.25) is 0 Å². The first-order valence-corrected chi connectivity index (χ1v) is 14.1. The van der Waals surface area contributed by atoms with Crippen molar-refractivity contribution in [3.63, 3.8) is 0 Å². The van der Waals surface area contributed by atoms with Gasteiger partial charge in [-0.2, -0.15) is 0 Å². The van der Waals surface area contributed by atoms with Gasteiger partial charge in [0, 0.05) is 12.8 Å². The summed E-state index contributed by atoms with van der Waals surface area (Å²) in [6.45, 7) is 12.4. The summed E-state index contributed by atoms with van der Waals surface area (Å²) in [6.07, 6.45) is 18.1. The molecular formula is C29H56O4. The molecule has 4 nitrogen and oxygen atoms in total. The molecule has 0 aromatic rings. The minimum atomic E-state index is -0.0341. The Morgan fingerprint density at radius 2 is 0.909 bits per heavy atom. The van der Waals surface area contributed by atoms with Crippen LogP contribution in [0.25, 0.3) is 0 Å². The van der Waals surface area contributed by atoms with E-state index in [1.165, 1.54) is 51.4 Å². The van der Waals surface area contributed by atoms with E-state index in [1.54, 1.807) is 0 Å². The molecule has 0 saturated carbocycles. The fourth-order valence-corrected chi connectivity index (χ4v) is 3.98. The van der Waals surface area contributed by atoms with Crippen LogP contribution >= 0.6 is 0 Å². The lowest BCUT2D eigenvalue weighted by atomic mass is 9.97. The molecule has 0 N–H and O–H groups in total. The van der Waals surface area contributed by atoms with Crippen molar-refractivity contribution in [3.8, 4) is 0 Å². The van der Waals surface area contributed by atoms with Crippen LogP contribution in [0.1, 0.15) is 144 Å². The third-order valence-corrected chi connectivity index (χ3v) is 6.30. The first-order chi connectivity index (χ1) is 15.8. The van der Waals surface area contributed by atoms with Gasteiger partial charge < -0.3 is 9.47 Å². The Bertz CT molecular complexity index is 459. The molecular weight excluding hydrogens is 412 g/mol. The van der Waals surface area contributed by atoms with E-state index in [2.05, 4.69) is 34.6 Å². The molecule has 33 heavy (non-hydrogen) atoms. The number of ether oxygens (including phenoxy) is 2. The molecule has 0 aromatic heterocycles. The smallest absolute Gasteiger partial charge is 0.305 e. The quantitative estimate of drug-likeness (QED) is 0.111. The highest BCUT2D eigenvalue weighted by atomic mass is 16.5. The Labute approximate surface area is 206 Å². The van der Waals surface area contributed by atoms with Crippen molar-refractivity contribution in [2.24, 2.45) is 17.8 Å². The van der Waals surface area contributed by atoms with E-state index in [-0.39, 0.29) is 11.9 Å². The molecule has 0 aliphatic rings. The number of esters is 2. The normalized spacial score (nSPS) is 12.3. The highest BCUT2D eigenvalue weighted by molar-refractivity contribution is 5.69. The van der Waals surface area contributed by atoms with E-state index in [4.69, 9.17) is 9.47 Å². The minimum absolute atomic E-state index is 0.0325. The molecule has 0 aromatic carbocycles. The average molecular weight is 469 g/mol. The van der Waals surface area contributed by atoms with Gasteiger partial charge in [-0.15, -0.1) is 0 Å². The van der Waals surface area contributed by atoms with Gasteiger partial charge >= 0.3 is 11.9 Å². The van der Waals surface area contributed by atoms with Gasteiger partial charge in [0.1, 0.15) is 0 Å². The van der Waals surface area contributed by atoms with Crippen molar-refractivity contribution in [2.75, 3.05) is 13.2 Å². The monoisotopic (exact) mass is 468 g/mol. The molecule has 0 aliphatic carbocycles. The van der Waals surface area contributed by atoms with Gasteiger partial charge in [-0.05, 0) is 43.4 Å². The van der Waals surface area contributed by atoms with Crippen LogP contribution in [-0.2, 0) is 19.1 Å². The van der Waals surface area contributed by atoms with Crippen LogP contribution in [0.15, 0.2) is 0 Å². The van der Waals surface area contributed by atoms with Crippen molar-refractivity contribution in [1.82, 2.24) is 0 Å². The molecule has 0 fully saturated rings. The van der Waals surface area contributed by atoms with Crippen LogP contribution in [0.3, 0.4) is 0 Å². The van der Waals surface area contributed by atoms with Gasteiger partial charge in [-0.25, -0.2) is 0 Å². The highest BCUT2D eigenvalue weighted by Gasteiger charge is 2.08. The molecule has 1 unspecified atom stereocenters. The molecule has 1 atom stereocenters. The summed E-state index contributed by atoms with van der Waals surface area (Å²) in [7, 11) is 0. The third-order valence-electron chi connectivity index (χ3n) is 6.30. The molecule has 0 spiro atoms. The number of carbonyl (C=O) groups excluding carboxylic acids is 2. The molecule has 0 aliphatic heterocycles. The lowest BCUT2D eigenvalue weighted by molar-refractivity contribution is -0.145. The maximum atomic E-state index is 11.9. The maximum absolute atomic E-state index is 11.9. The first kappa shape index (κ1) is 31.9. The number of carbonyl (C=O) groups is 2. The Morgan fingerprint density at radius 1 is 0.485 bits per heavy atom. The number of hydrogen-bond acceptors (Lipinski definition) is 4. The van der Waals surface area contributed by atoms with Gasteiger partial charge in [0.2, 0.25) is 0 Å². The van der Waals surface area contributed by atoms with E-state index in [0.29, 0.717) is 32.0 Å². The summed E-state index contributed by atoms with van der Waals surface area (Å²) in [5.74, 6) is 2.03. The molecule has 0 bridgehead atoms. The molecule has 0 heterocycles. The minimum Gasteiger partial charge on any atom is -0.466 e. The van der Waals surface area contributed by atoms with Gasteiger partial charge in [0.15, 0.2) is 0 Å². The van der Waals surface area contributed by atoms with Crippen LogP contribution < -0.4 is 0 Å². The van der Waals surface area contributed by atoms with Crippen molar-refractivity contribution in [2.45, 2.75) is 144 Å². The van der Waals surface area contributed by atoms with Gasteiger partial charge in [0.05, 0.1) is 13.2 Å². The van der Waals surface area contributed by atoms with E-state index >= 15 is 0 Å². The standard InChI is InChI=1S/C29H56O4/c1-25(2)17-11-9-15-23-32-28(30)20-14-8-6-7-13-19-27(5)21-22-29(31)33-24-16-10-12-18-26(3)4/h25-27H,6-24H2,1-5H3. The van der Waals surface area contributed by atoms with E-state index in [9.17, 15) is 9.59 Å². The molecule has 0 rings (SSSR count). The molecule has 0 radical (unpaired) electrons. The SMILES string of the molecule is CC(C)CCCCCOC(=O)CCCCCCCC(C)CCC(=O)OCCCCCC(C)C. The number of unbranched alkanes of at least 4 members (excludes halogenated alkanes) is 8. The maximum Gasteiger partial charge on any atom is 0.305 e. The molecule has 0 amide bonds. The zero-order valence-electron chi connectivity index (χ0n) is 22.8. The van der Waals surface area contributed by atoms with Gasteiger partial charge in [-0.1, -0.05) is 105 Å². The summed E-state index contributed by atoms with van der Waals surface area (Å²) in [5.41, 5.74) is 0. The van der Waals surface area contributed by atoms with Crippen LogP contribution in [0.4, 0.5) is 0 Å². The van der Waals surface area contributed by atoms with Gasteiger partial charge in [0.25, 0.3) is 0 Å². The lowest BCUT2D eigenvalue weighted by Crippen LogP contribution is -2.08. The van der Waals surface area contributed by atoms with E-state index in [0.717, 1.165) is 56.8 Å². The summed E-state index contributed by atoms with van der Waals surface area (Å²) in [5, 5.41) is 0. The fourth-order valence-electron chi connectivity index (χ4n) is 3.98. The predicted molar refractivity (Wildman–Crippen MR) is 139 cm³/mol. The topological polar surface area (TPSA) is 52.6 Å². The summed E-state index contributed by atoms with van der Waals surface area (Å²) >= 11 is 0. The lowest BCUT2D eigenvalue weighted by Gasteiger charge is -2.11. The third kappa shape index (κ3) is 25.4. The summed E-state index contributed by atoms with van der Waals surface area (Å²) < 4.78 is 10.7. The number of hydrogen-bond donors (Lipinski definition) is 0. The predicted octanol–water partition coefficient (Wildman–Crippen LogP) is 8.65. The Kier molecular flexibility index (Phi) is 22.0. The second kappa shape index (κ2) is 22.7. The van der Waals surface area contributed by atoms with Crippen LogP contribution in [-0.4, -0.2) is 25.2 Å². The molecule has 196 valence electrons. The summed E-state index contributed by atoms with van der Waals surface area (Å²) in [6, 6.07) is 0. The fraction of sp³-hybridized carbons (Fsp3) is 0.931. The van der Waals surface area contributed by atoms with Crippen LogP contribution in [0.5, 0.6) is 0 Å². The highest BCUT2D eigenvalue weighted by Crippen LogP contribution is 2.17. The zero-order valence-corrected chi connectivity index (χ0v) is 22.8. The average Bonchev–Trinajstić information content (AvgIpc) is 2.76. The van der Waals surface area contributed by atoms with E-state index in [1.807, 2.05) is 0 Å². The van der Waals surface area contributed by atoms with Crippen LogP contribution in [0, 0.1) is 17.8 Å². The molecule has 0 saturated heterocycles. The first-order valence-electron chi connectivity index (χ1n) is 14.1. The second-order valence-corrected chi connectivity index (χ2v) is 10.9. The Hall–Kier alpha value is -1.06. The molecule has 4 heteroatoms. The second-order valence-electron chi connectivity index (χ2n) is 10.9. The Morgan fingerprint density at radius 3 is 1.45 bits per heavy atom. The Balaban J connectivity index is 3.41. The largest absolute Gasteiger partial charge is 0.466 e. The van der Waals surface area contributed by atoms with E-state index < -0.39 is 0 Å². The zero-order chi connectivity index (χ0) is 24.7. The van der Waals surface area contributed by atoms with Crippen molar-refractivity contribution in [3.05, 3.63) is 0 Å². The van der Waals surface area contributed by atoms with Crippen molar-refractivity contribution in [1.29, 1.82) is 0 Å².